The first kappa shape index (κ1) is 22.6. The normalized spacial score (nSPS) is 17.8. The molecule has 2 aromatic rings. The minimum atomic E-state index is 0.0704. The number of rotatable bonds is 9. The Hall–Kier alpha value is -2.57. The van der Waals surface area contributed by atoms with Crippen LogP contribution < -0.4 is 9.47 Å². The van der Waals surface area contributed by atoms with E-state index in [-0.39, 0.29) is 12.5 Å². The van der Waals surface area contributed by atoms with Crippen molar-refractivity contribution in [3.05, 3.63) is 60.2 Å². The number of likely N-dealkylation sites (tertiary alicyclic amines) is 1. The smallest absolute Gasteiger partial charge is 0.260 e. The number of ether oxygens (including phenoxy) is 3. The quantitative estimate of drug-likeness (QED) is 0.599. The van der Waals surface area contributed by atoms with Crippen molar-refractivity contribution in [3.8, 4) is 11.5 Å². The molecule has 0 spiro atoms. The highest BCUT2D eigenvalue weighted by molar-refractivity contribution is 5.77. The van der Waals surface area contributed by atoms with E-state index in [9.17, 15) is 4.79 Å². The molecule has 2 aliphatic rings. The van der Waals surface area contributed by atoms with E-state index in [4.69, 9.17) is 14.2 Å². The van der Waals surface area contributed by atoms with Crippen molar-refractivity contribution in [2.24, 2.45) is 5.92 Å². The lowest BCUT2D eigenvalue weighted by molar-refractivity contribution is -0.134. The second kappa shape index (κ2) is 11.9. The fourth-order valence-electron chi connectivity index (χ4n) is 4.27. The lowest BCUT2D eigenvalue weighted by Crippen LogP contribution is -2.42. The van der Waals surface area contributed by atoms with E-state index in [0.29, 0.717) is 18.3 Å². The zero-order valence-electron chi connectivity index (χ0n) is 18.8. The number of carbonyl (C=O) groups is 1. The Morgan fingerprint density at radius 3 is 2.22 bits per heavy atom. The van der Waals surface area contributed by atoms with Gasteiger partial charge in [-0.05, 0) is 61.6 Å². The molecule has 0 radical (unpaired) electrons. The Morgan fingerprint density at radius 2 is 1.53 bits per heavy atom. The summed E-state index contributed by atoms with van der Waals surface area (Å²) in [7, 11) is 0. The fraction of sp³-hybridized carbons (Fsp3) is 0.500. The van der Waals surface area contributed by atoms with E-state index in [1.54, 1.807) is 0 Å². The summed E-state index contributed by atoms with van der Waals surface area (Å²) in [6, 6.07) is 17.5. The topological polar surface area (TPSA) is 51.2 Å². The number of hydrogen-bond acceptors (Lipinski definition) is 5. The number of benzene rings is 2. The van der Waals surface area contributed by atoms with Crippen LogP contribution in [0.5, 0.6) is 11.5 Å². The number of hydrogen-bond donors (Lipinski definition) is 0. The van der Waals surface area contributed by atoms with Crippen LogP contribution in [0.4, 0.5) is 0 Å². The summed E-state index contributed by atoms with van der Waals surface area (Å²) >= 11 is 0. The molecule has 0 bridgehead atoms. The van der Waals surface area contributed by atoms with Crippen LogP contribution in [0.3, 0.4) is 0 Å². The maximum Gasteiger partial charge on any atom is 0.260 e. The SMILES string of the molecule is O=C(COc1ccc(OCc2ccccc2)cc1)N1CCC(CCN2CCOCC2)CC1. The Labute approximate surface area is 191 Å². The summed E-state index contributed by atoms with van der Waals surface area (Å²) in [5.41, 5.74) is 1.13. The van der Waals surface area contributed by atoms with Gasteiger partial charge in [0.15, 0.2) is 6.61 Å². The molecule has 2 fully saturated rings. The molecular weight excluding hydrogens is 404 g/mol. The third-order valence-electron chi connectivity index (χ3n) is 6.36. The first-order valence-corrected chi connectivity index (χ1v) is 11.7. The maximum absolute atomic E-state index is 12.6. The van der Waals surface area contributed by atoms with E-state index in [2.05, 4.69) is 4.90 Å². The van der Waals surface area contributed by atoms with E-state index < -0.39 is 0 Å². The van der Waals surface area contributed by atoms with Crippen molar-refractivity contribution in [2.45, 2.75) is 25.9 Å². The molecule has 6 nitrogen and oxygen atoms in total. The molecule has 2 aromatic carbocycles. The fourth-order valence-corrected chi connectivity index (χ4v) is 4.27. The molecule has 2 aliphatic heterocycles. The molecule has 0 atom stereocenters. The highest BCUT2D eigenvalue weighted by atomic mass is 16.5. The van der Waals surface area contributed by atoms with Gasteiger partial charge in [0.2, 0.25) is 0 Å². The van der Waals surface area contributed by atoms with Crippen molar-refractivity contribution in [2.75, 3.05) is 52.5 Å². The average molecular weight is 439 g/mol. The van der Waals surface area contributed by atoms with Gasteiger partial charge >= 0.3 is 0 Å². The van der Waals surface area contributed by atoms with Crippen LogP contribution in [0.1, 0.15) is 24.8 Å². The van der Waals surface area contributed by atoms with Gasteiger partial charge in [-0.3, -0.25) is 9.69 Å². The molecular formula is C26H34N2O4. The summed E-state index contributed by atoms with van der Waals surface area (Å²) in [4.78, 5) is 17.0. The summed E-state index contributed by atoms with van der Waals surface area (Å²) in [5.74, 6) is 2.25. The number of morpholine rings is 1. The van der Waals surface area contributed by atoms with Gasteiger partial charge < -0.3 is 19.1 Å². The van der Waals surface area contributed by atoms with Gasteiger partial charge in [0, 0.05) is 26.2 Å². The monoisotopic (exact) mass is 438 g/mol. The molecule has 2 heterocycles. The van der Waals surface area contributed by atoms with Gasteiger partial charge in [-0.25, -0.2) is 0 Å². The van der Waals surface area contributed by atoms with Gasteiger partial charge in [-0.1, -0.05) is 30.3 Å². The van der Waals surface area contributed by atoms with Crippen LogP contribution in [0.15, 0.2) is 54.6 Å². The van der Waals surface area contributed by atoms with E-state index >= 15 is 0 Å². The van der Waals surface area contributed by atoms with Gasteiger partial charge in [-0.2, -0.15) is 0 Å². The minimum absolute atomic E-state index is 0.0704. The van der Waals surface area contributed by atoms with Crippen LogP contribution in [-0.2, 0) is 16.1 Å². The third-order valence-corrected chi connectivity index (χ3v) is 6.36. The molecule has 0 aliphatic carbocycles. The summed E-state index contributed by atoms with van der Waals surface area (Å²) in [6.45, 7) is 7.25. The number of amides is 1. The minimum Gasteiger partial charge on any atom is -0.489 e. The van der Waals surface area contributed by atoms with Crippen molar-refractivity contribution < 1.29 is 19.0 Å². The van der Waals surface area contributed by atoms with Crippen molar-refractivity contribution in [1.82, 2.24) is 9.80 Å². The van der Waals surface area contributed by atoms with Crippen molar-refractivity contribution >= 4 is 5.91 Å². The van der Waals surface area contributed by atoms with Gasteiger partial charge in [-0.15, -0.1) is 0 Å². The molecule has 4 rings (SSSR count). The molecule has 172 valence electrons. The van der Waals surface area contributed by atoms with Crippen LogP contribution >= 0.6 is 0 Å². The first-order valence-electron chi connectivity index (χ1n) is 11.7. The molecule has 0 aromatic heterocycles. The largest absolute Gasteiger partial charge is 0.489 e. The van der Waals surface area contributed by atoms with Crippen LogP contribution in [0, 0.1) is 5.92 Å². The highest BCUT2D eigenvalue weighted by Crippen LogP contribution is 2.22. The molecule has 0 N–H and O–H groups in total. The van der Waals surface area contributed by atoms with E-state index in [1.165, 1.54) is 6.42 Å². The Balaban J connectivity index is 1.13. The number of piperidine rings is 1. The molecule has 1 amide bonds. The Kier molecular flexibility index (Phi) is 8.40. The van der Waals surface area contributed by atoms with Crippen molar-refractivity contribution in [3.63, 3.8) is 0 Å². The van der Waals surface area contributed by atoms with Gasteiger partial charge in [0.25, 0.3) is 5.91 Å². The standard InChI is InChI=1S/C26H34N2O4/c29-26(28-14-11-22(12-15-28)10-13-27-16-18-30-19-17-27)21-32-25-8-6-24(7-9-25)31-20-23-4-2-1-3-5-23/h1-9,22H,10-21H2. The second-order valence-electron chi connectivity index (χ2n) is 8.60. The zero-order chi connectivity index (χ0) is 22.0. The molecule has 0 unspecified atom stereocenters. The van der Waals surface area contributed by atoms with Crippen LogP contribution in [0.2, 0.25) is 0 Å². The maximum atomic E-state index is 12.6. The Morgan fingerprint density at radius 1 is 0.875 bits per heavy atom. The van der Waals surface area contributed by atoms with Gasteiger partial charge in [0.1, 0.15) is 18.1 Å². The molecule has 2 saturated heterocycles. The molecule has 6 heteroatoms. The first-order chi connectivity index (χ1) is 15.8. The average Bonchev–Trinajstić information content (AvgIpc) is 2.87. The summed E-state index contributed by atoms with van der Waals surface area (Å²) in [5, 5.41) is 0. The van der Waals surface area contributed by atoms with Crippen molar-refractivity contribution in [1.29, 1.82) is 0 Å². The predicted octanol–water partition coefficient (Wildman–Crippen LogP) is 3.61. The number of nitrogens with zero attached hydrogens (tertiary/aromatic N) is 2. The van der Waals surface area contributed by atoms with Crippen LogP contribution in [0.25, 0.3) is 0 Å². The lowest BCUT2D eigenvalue weighted by Gasteiger charge is -2.34. The van der Waals surface area contributed by atoms with E-state index in [1.807, 2.05) is 59.5 Å². The van der Waals surface area contributed by atoms with Crippen LogP contribution in [-0.4, -0.2) is 68.3 Å². The summed E-state index contributed by atoms with van der Waals surface area (Å²) < 4.78 is 16.9. The number of carbonyl (C=O) groups excluding carboxylic acids is 1. The second-order valence-corrected chi connectivity index (χ2v) is 8.60. The predicted molar refractivity (Wildman–Crippen MR) is 124 cm³/mol. The highest BCUT2D eigenvalue weighted by Gasteiger charge is 2.23. The third kappa shape index (κ3) is 6.97. The zero-order valence-corrected chi connectivity index (χ0v) is 18.8. The van der Waals surface area contributed by atoms with E-state index in [0.717, 1.165) is 70.1 Å². The molecule has 0 saturated carbocycles. The Bertz CT molecular complexity index is 813. The van der Waals surface area contributed by atoms with Gasteiger partial charge in [0.05, 0.1) is 13.2 Å². The lowest BCUT2D eigenvalue weighted by atomic mass is 9.93. The summed E-state index contributed by atoms with van der Waals surface area (Å²) in [6.07, 6.45) is 3.39. The molecule has 32 heavy (non-hydrogen) atoms.